The van der Waals surface area contributed by atoms with Crippen molar-refractivity contribution in [2.24, 2.45) is 0 Å². The van der Waals surface area contributed by atoms with Gasteiger partial charge in [0.05, 0.1) is 19.4 Å². The number of hydrogen-bond donors (Lipinski definition) is 0. The van der Waals surface area contributed by atoms with Crippen molar-refractivity contribution in [1.82, 2.24) is 10.1 Å². The fraction of sp³-hybridized carbons (Fsp3) is 0.333. The van der Waals surface area contributed by atoms with Crippen LogP contribution in [0, 0.1) is 5.82 Å². The van der Waals surface area contributed by atoms with Gasteiger partial charge in [0.15, 0.2) is 22.9 Å². The number of likely N-dealkylation sites (tertiary alicyclic amines) is 1. The first kappa shape index (κ1) is 25.0. The van der Waals surface area contributed by atoms with Crippen molar-refractivity contribution in [2.75, 3.05) is 33.4 Å². The fourth-order valence-electron chi connectivity index (χ4n) is 4.98. The summed E-state index contributed by atoms with van der Waals surface area (Å²) in [5, 5.41) is 5.15. The molecule has 0 amide bonds. The van der Waals surface area contributed by atoms with Gasteiger partial charge in [-0.15, -0.1) is 0 Å². The van der Waals surface area contributed by atoms with E-state index in [4.69, 9.17) is 14.0 Å². The molecule has 0 atom stereocenters. The zero-order valence-corrected chi connectivity index (χ0v) is 21.0. The number of methoxy groups -OCH3 is 1. The number of carbonyl (C=O) groups excluding carboxylic acids is 1. The molecule has 0 N–H and O–H groups in total. The Balaban J connectivity index is 1.07. The van der Waals surface area contributed by atoms with Crippen LogP contribution in [0.2, 0.25) is 0 Å². The van der Waals surface area contributed by atoms with Crippen molar-refractivity contribution < 1.29 is 23.2 Å². The predicted molar refractivity (Wildman–Crippen MR) is 140 cm³/mol. The number of halogens is 1. The molecule has 1 aromatic heterocycles. The highest BCUT2D eigenvalue weighted by atomic mass is 19.1. The molecule has 0 aliphatic carbocycles. The van der Waals surface area contributed by atoms with E-state index in [1.54, 1.807) is 13.2 Å². The van der Waals surface area contributed by atoms with Gasteiger partial charge in [-0.05, 0) is 62.2 Å². The Labute approximate surface area is 216 Å². The molecule has 0 radical (unpaired) electrons. The van der Waals surface area contributed by atoms with E-state index >= 15 is 0 Å². The van der Waals surface area contributed by atoms with Crippen LogP contribution in [0.5, 0.6) is 11.5 Å². The lowest BCUT2D eigenvalue weighted by molar-refractivity contribution is 0.0993. The predicted octanol–water partition coefficient (Wildman–Crippen LogP) is 6.05. The summed E-state index contributed by atoms with van der Waals surface area (Å²) in [6.07, 6.45) is 3.21. The molecule has 2 heterocycles. The van der Waals surface area contributed by atoms with Gasteiger partial charge in [0.25, 0.3) is 0 Å². The topological polar surface area (TPSA) is 64.8 Å². The van der Waals surface area contributed by atoms with Crippen molar-refractivity contribution >= 4 is 16.8 Å². The second kappa shape index (κ2) is 11.6. The standard InChI is InChI=1S/C30H31FN2O4/c1-35-29-19-21(18-26(34)22-6-3-2-4-7-22)8-11-27(29)36-17-5-14-33-15-12-23(13-16-33)30-25-10-9-24(31)20-28(25)37-32-30/h2-4,6-11,19-20,23H,5,12-18H2,1H3. The van der Waals surface area contributed by atoms with Gasteiger partial charge in [-0.25, -0.2) is 4.39 Å². The third kappa shape index (κ3) is 6.00. The normalized spacial score (nSPS) is 14.6. The van der Waals surface area contributed by atoms with Crippen LogP contribution in [0.4, 0.5) is 4.39 Å². The van der Waals surface area contributed by atoms with Crippen LogP contribution in [0.3, 0.4) is 0 Å². The summed E-state index contributed by atoms with van der Waals surface area (Å²) >= 11 is 0. The zero-order chi connectivity index (χ0) is 25.6. The SMILES string of the molecule is COc1cc(CC(=O)c2ccccc2)ccc1OCCCN1CCC(c2noc3cc(F)ccc23)CC1. The van der Waals surface area contributed by atoms with Crippen LogP contribution >= 0.6 is 0 Å². The lowest BCUT2D eigenvalue weighted by Gasteiger charge is -2.31. The highest BCUT2D eigenvalue weighted by molar-refractivity contribution is 5.97. The van der Waals surface area contributed by atoms with E-state index in [2.05, 4.69) is 10.1 Å². The average Bonchev–Trinajstić information content (AvgIpc) is 3.35. The molecule has 0 bridgehead atoms. The molecule has 0 spiro atoms. The first-order chi connectivity index (χ1) is 18.1. The first-order valence-corrected chi connectivity index (χ1v) is 12.8. The number of rotatable bonds is 10. The lowest BCUT2D eigenvalue weighted by atomic mass is 9.91. The molecular weight excluding hydrogens is 471 g/mol. The molecule has 1 saturated heterocycles. The van der Waals surface area contributed by atoms with E-state index in [1.807, 2.05) is 48.5 Å². The van der Waals surface area contributed by atoms with Crippen molar-refractivity contribution in [3.05, 3.63) is 89.4 Å². The summed E-state index contributed by atoms with van der Waals surface area (Å²) in [4.78, 5) is 15.0. The molecule has 6 nitrogen and oxygen atoms in total. The van der Waals surface area contributed by atoms with Gasteiger partial charge in [0, 0.05) is 35.9 Å². The van der Waals surface area contributed by atoms with Gasteiger partial charge in [-0.3, -0.25) is 4.79 Å². The van der Waals surface area contributed by atoms with Crippen molar-refractivity contribution in [2.45, 2.75) is 31.6 Å². The van der Waals surface area contributed by atoms with Gasteiger partial charge in [-0.2, -0.15) is 0 Å². The summed E-state index contributed by atoms with van der Waals surface area (Å²) in [6, 6.07) is 19.6. The number of fused-ring (bicyclic) bond motifs is 1. The van der Waals surface area contributed by atoms with E-state index < -0.39 is 0 Å². The van der Waals surface area contributed by atoms with Gasteiger partial charge >= 0.3 is 0 Å². The third-order valence-corrected chi connectivity index (χ3v) is 7.00. The molecule has 37 heavy (non-hydrogen) atoms. The average molecular weight is 503 g/mol. The molecule has 0 saturated carbocycles. The monoisotopic (exact) mass is 502 g/mol. The summed E-state index contributed by atoms with van der Waals surface area (Å²) in [6.45, 7) is 3.49. The van der Waals surface area contributed by atoms with Gasteiger partial charge in [0.1, 0.15) is 5.82 Å². The van der Waals surface area contributed by atoms with E-state index in [0.29, 0.717) is 41.6 Å². The molecule has 0 unspecified atom stereocenters. The minimum absolute atomic E-state index is 0.0747. The maximum absolute atomic E-state index is 13.4. The van der Waals surface area contributed by atoms with Crippen molar-refractivity contribution in [3.8, 4) is 11.5 Å². The Bertz CT molecular complexity index is 1350. The van der Waals surface area contributed by atoms with E-state index in [1.165, 1.54) is 12.1 Å². The van der Waals surface area contributed by atoms with Crippen LogP contribution in [0.1, 0.15) is 46.8 Å². The molecule has 3 aromatic carbocycles. The van der Waals surface area contributed by atoms with Crippen LogP contribution in [-0.4, -0.2) is 49.2 Å². The number of benzene rings is 3. The maximum Gasteiger partial charge on any atom is 0.170 e. The molecule has 192 valence electrons. The molecule has 1 aliphatic heterocycles. The first-order valence-electron chi connectivity index (χ1n) is 12.8. The van der Waals surface area contributed by atoms with Gasteiger partial charge < -0.3 is 18.9 Å². The van der Waals surface area contributed by atoms with Gasteiger partial charge in [-0.1, -0.05) is 41.6 Å². The van der Waals surface area contributed by atoms with E-state index in [9.17, 15) is 9.18 Å². The second-order valence-corrected chi connectivity index (χ2v) is 9.48. The van der Waals surface area contributed by atoms with Crippen molar-refractivity contribution in [3.63, 3.8) is 0 Å². The quantitative estimate of drug-likeness (QED) is 0.194. The molecule has 7 heteroatoms. The van der Waals surface area contributed by atoms with E-state index in [-0.39, 0.29) is 11.6 Å². The van der Waals surface area contributed by atoms with E-state index in [0.717, 1.165) is 55.5 Å². The number of carbonyl (C=O) groups is 1. The molecular formula is C30H31FN2O4. The van der Waals surface area contributed by atoms with Crippen LogP contribution in [-0.2, 0) is 6.42 Å². The van der Waals surface area contributed by atoms with Gasteiger partial charge in [0.2, 0.25) is 0 Å². The number of nitrogens with zero attached hydrogens (tertiary/aromatic N) is 2. The minimum Gasteiger partial charge on any atom is -0.493 e. The van der Waals surface area contributed by atoms with Crippen LogP contribution in [0.15, 0.2) is 71.3 Å². The zero-order valence-electron chi connectivity index (χ0n) is 21.0. The summed E-state index contributed by atoms with van der Waals surface area (Å²) in [5.41, 5.74) is 3.06. The molecule has 4 aromatic rings. The maximum atomic E-state index is 13.4. The summed E-state index contributed by atoms with van der Waals surface area (Å²) < 4.78 is 30.3. The number of ketones is 1. The lowest BCUT2D eigenvalue weighted by Crippen LogP contribution is -2.34. The molecule has 1 fully saturated rings. The molecule has 1 aliphatic rings. The molecule has 5 rings (SSSR count). The second-order valence-electron chi connectivity index (χ2n) is 9.48. The Kier molecular flexibility index (Phi) is 7.80. The smallest absolute Gasteiger partial charge is 0.170 e. The highest BCUT2D eigenvalue weighted by Gasteiger charge is 2.25. The Morgan fingerprint density at radius 3 is 2.65 bits per heavy atom. The number of ether oxygens (including phenoxy) is 2. The number of aromatic nitrogens is 1. The fourth-order valence-corrected chi connectivity index (χ4v) is 4.98. The van der Waals surface area contributed by atoms with Crippen molar-refractivity contribution in [1.29, 1.82) is 0 Å². The summed E-state index contributed by atoms with van der Waals surface area (Å²) in [5.74, 6) is 1.42. The van der Waals surface area contributed by atoms with Crippen LogP contribution < -0.4 is 9.47 Å². The number of hydrogen-bond acceptors (Lipinski definition) is 6. The summed E-state index contributed by atoms with van der Waals surface area (Å²) in [7, 11) is 1.61. The third-order valence-electron chi connectivity index (χ3n) is 7.00. The van der Waals surface area contributed by atoms with Crippen LogP contribution in [0.25, 0.3) is 11.0 Å². The Morgan fingerprint density at radius 1 is 1.05 bits per heavy atom. The minimum atomic E-state index is -0.307. The number of piperidine rings is 1. The Morgan fingerprint density at radius 2 is 1.86 bits per heavy atom. The Hall–Kier alpha value is -3.71. The number of Topliss-reactive ketones (excluding diaryl/α,β-unsaturated/α-hetero) is 1. The largest absolute Gasteiger partial charge is 0.493 e. The highest BCUT2D eigenvalue weighted by Crippen LogP contribution is 2.33.